The van der Waals surface area contributed by atoms with Crippen LogP contribution < -0.4 is 0 Å². The van der Waals surface area contributed by atoms with Gasteiger partial charge in [0.2, 0.25) is 0 Å². The van der Waals surface area contributed by atoms with E-state index in [2.05, 4.69) is 12.2 Å². The van der Waals surface area contributed by atoms with Crippen molar-refractivity contribution >= 4 is 5.97 Å². The van der Waals surface area contributed by atoms with Gasteiger partial charge in [-0.2, -0.15) is 0 Å². The van der Waals surface area contributed by atoms with Crippen LogP contribution in [0.2, 0.25) is 0 Å². The Balaban J connectivity index is 2.14. The fraction of sp³-hybridized carbons (Fsp3) is 0.308. The molecule has 2 aliphatic rings. The Hall–Kier alpha value is -1.57. The van der Waals surface area contributed by atoms with Crippen molar-refractivity contribution in [1.82, 2.24) is 0 Å². The zero-order valence-corrected chi connectivity index (χ0v) is 8.35. The number of rotatable bonds is 0. The Morgan fingerprint density at radius 2 is 2.13 bits per heavy atom. The van der Waals surface area contributed by atoms with Crippen LogP contribution >= 0.6 is 0 Å². The Morgan fingerprint density at radius 1 is 1.27 bits per heavy atom. The van der Waals surface area contributed by atoms with Crippen molar-refractivity contribution in [2.45, 2.75) is 24.9 Å². The van der Waals surface area contributed by atoms with Crippen LogP contribution in [-0.4, -0.2) is 12.1 Å². The number of ether oxygens (including phenoxy) is 1. The molecule has 0 N–H and O–H groups in total. The van der Waals surface area contributed by atoms with Crippen LogP contribution in [0.25, 0.3) is 0 Å². The number of hydrogen-bond donors (Lipinski definition) is 0. The van der Waals surface area contributed by atoms with Gasteiger partial charge >= 0.3 is 5.97 Å². The maximum absolute atomic E-state index is 11.7. The number of carbonyl (C=O) groups is 1. The number of allylic oxidation sites excluding steroid dienone is 1. The maximum Gasteiger partial charge on any atom is 0.338 e. The smallest absolute Gasteiger partial charge is 0.338 e. The summed E-state index contributed by atoms with van der Waals surface area (Å²) in [6.45, 7) is 0. The van der Waals surface area contributed by atoms with Crippen molar-refractivity contribution in [3.63, 3.8) is 0 Å². The molecule has 1 aliphatic carbocycles. The van der Waals surface area contributed by atoms with E-state index in [0.29, 0.717) is 0 Å². The minimum Gasteiger partial charge on any atom is -0.458 e. The summed E-state index contributed by atoms with van der Waals surface area (Å²) >= 11 is 0. The van der Waals surface area contributed by atoms with Gasteiger partial charge in [-0.05, 0) is 24.5 Å². The van der Waals surface area contributed by atoms with E-state index in [0.717, 1.165) is 24.0 Å². The Bertz CT molecular complexity index is 434. The molecule has 76 valence electrons. The zero-order chi connectivity index (χ0) is 10.3. The molecule has 0 aromatic heterocycles. The molecular weight excluding hydrogens is 188 g/mol. The molecule has 0 bridgehead atoms. The standard InChI is InChI=1S/C13H12O2/c14-13-11-7-2-1-5-9(11)10-6-3-4-8-12(10)15-13/h1-3,5-7,10,12H,4,8H2. The molecule has 2 atom stereocenters. The summed E-state index contributed by atoms with van der Waals surface area (Å²) in [6, 6.07) is 7.74. The van der Waals surface area contributed by atoms with Gasteiger partial charge in [0.05, 0.1) is 5.56 Å². The molecule has 0 saturated carbocycles. The van der Waals surface area contributed by atoms with Crippen LogP contribution in [0.4, 0.5) is 0 Å². The van der Waals surface area contributed by atoms with Gasteiger partial charge in [-0.3, -0.25) is 0 Å². The minimum absolute atomic E-state index is 0.0531. The summed E-state index contributed by atoms with van der Waals surface area (Å²) in [6.07, 6.45) is 6.35. The highest BCUT2D eigenvalue weighted by Crippen LogP contribution is 2.36. The average molecular weight is 200 g/mol. The van der Waals surface area contributed by atoms with Crippen LogP contribution in [-0.2, 0) is 4.74 Å². The maximum atomic E-state index is 11.7. The van der Waals surface area contributed by atoms with E-state index in [1.165, 1.54) is 0 Å². The van der Waals surface area contributed by atoms with E-state index in [1.54, 1.807) is 0 Å². The fourth-order valence-corrected chi connectivity index (χ4v) is 2.42. The molecule has 0 amide bonds. The van der Waals surface area contributed by atoms with Crippen LogP contribution in [0.1, 0.15) is 34.7 Å². The lowest BCUT2D eigenvalue weighted by atomic mass is 9.82. The number of benzene rings is 1. The van der Waals surface area contributed by atoms with Crippen LogP contribution in [0, 0.1) is 0 Å². The Kier molecular flexibility index (Phi) is 1.88. The van der Waals surface area contributed by atoms with E-state index in [-0.39, 0.29) is 18.0 Å². The first-order valence-electron chi connectivity index (χ1n) is 5.33. The molecule has 1 aromatic carbocycles. The molecule has 1 aliphatic heterocycles. The van der Waals surface area contributed by atoms with Gasteiger partial charge < -0.3 is 4.74 Å². The first kappa shape index (κ1) is 8.72. The average Bonchev–Trinajstić information content (AvgIpc) is 2.30. The quantitative estimate of drug-likeness (QED) is 0.475. The SMILES string of the molecule is O=C1OC2CCC=CC2c2ccccc21. The zero-order valence-electron chi connectivity index (χ0n) is 8.35. The highest BCUT2D eigenvalue weighted by molar-refractivity contribution is 5.92. The van der Waals surface area contributed by atoms with Crippen LogP contribution in [0.3, 0.4) is 0 Å². The first-order chi connectivity index (χ1) is 7.36. The third-order valence-corrected chi connectivity index (χ3v) is 3.16. The second kappa shape index (κ2) is 3.23. The predicted molar refractivity (Wildman–Crippen MR) is 56.8 cm³/mol. The second-order valence-corrected chi connectivity index (χ2v) is 4.06. The number of fused-ring (bicyclic) bond motifs is 3. The van der Waals surface area contributed by atoms with Gasteiger partial charge in [0.15, 0.2) is 0 Å². The third-order valence-electron chi connectivity index (χ3n) is 3.16. The predicted octanol–water partition coefficient (Wildman–Crippen LogP) is 2.66. The lowest BCUT2D eigenvalue weighted by molar-refractivity contribution is 0.0185. The van der Waals surface area contributed by atoms with E-state index < -0.39 is 0 Å². The summed E-state index contributed by atoms with van der Waals surface area (Å²) in [5.41, 5.74) is 1.85. The van der Waals surface area contributed by atoms with E-state index >= 15 is 0 Å². The summed E-state index contributed by atoms with van der Waals surface area (Å²) in [5, 5.41) is 0. The lowest BCUT2D eigenvalue weighted by Gasteiger charge is -2.33. The normalized spacial score (nSPS) is 27.9. The van der Waals surface area contributed by atoms with Gasteiger partial charge in [0.1, 0.15) is 6.10 Å². The van der Waals surface area contributed by atoms with E-state index in [1.807, 2.05) is 24.3 Å². The van der Waals surface area contributed by atoms with Gasteiger partial charge in [-0.25, -0.2) is 4.79 Å². The second-order valence-electron chi connectivity index (χ2n) is 4.06. The molecule has 1 heterocycles. The number of esters is 1. The Labute approximate surface area is 88.6 Å². The molecule has 1 aromatic rings. The van der Waals surface area contributed by atoms with Crippen molar-refractivity contribution in [1.29, 1.82) is 0 Å². The van der Waals surface area contributed by atoms with Gasteiger partial charge in [-0.1, -0.05) is 30.4 Å². The minimum atomic E-state index is -0.165. The molecule has 15 heavy (non-hydrogen) atoms. The first-order valence-corrected chi connectivity index (χ1v) is 5.33. The molecule has 2 nitrogen and oxygen atoms in total. The lowest BCUT2D eigenvalue weighted by Crippen LogP contribution is -2.32. The number of carbonyl (C=O) groups excluding carboxylic acids is 1. The monoisotopic (exact) mass is 200 g/mol. The summed E-state index contributed by atoms with van der Waals surface area (Å²) < 4.78 is 5.43. The van der Waals surface area contributed by atoms with E-state index in [4.69, 9.17) is 4.74 Å². The Morgan fingerprint density at radius 3 is 3.07 bits per heavy atom. The molecule has 0 radical (unpaired) electrons. The molecule has 3 rings (SSSR count). The topological polar surface area (TPSA) is 26.3 Å². The van der Waals surface area contributed by atoms with Crippen molar-refractivity contribution < 1.29 is 9.53 Å². The fourth-order valence-electron chi connectivity index (χ4n) is 2.42. The highest BCUT2D eigenvalue weighted by atomic mass is 16.5. The van der Waals surface area contributed by atoms with Crippen molar-refractivity contribution in [3.05, 3.63) is 47.5 Å². The highest BCUT2D eigenvalue weighted by Gasteiger charge is 2.34. The van der Waals surface area contributed by atoms with E-state index in [9.17, 15) is 4.79 Å². The molecule has 2 unspecified atom stereocenters. The third kappa shape index (κ3) is 1.29. The summed E-state index contributed by atoms with van der Waals surface area (Å²) in [7, 11) is 0. The largest absolute Gasteiger partial charge is 0.458 e. The van der Waals surface area contributed by atoms with Crippen LogP contribution in [0.5, 0.6) is 0 Å². The summed E-state index contributed by atoms with van der Waals surface area (Å²) in [4.78, 5) is 11.7. The van der Waals surface area contributed by atoms with Gasteiger partial charge in [-0.15, -0.1) is 0 Å². The number of hydrogen-bond acceptors (Lipinski definition) is 2. The molecule has 0 fully saturated rings. The van der Waals surface area contributed by atoms with Crippen molar-refractivity contribution in [2.24, 2.45) is 0 Å². The van der Waals surface area contributed by atoms with Crippen molar-refractivity contribution in [2.75, 3.05) is 0 Å². The van der Waals surface area contributed by atoms with Crippen molar-refractivity contribution in [3.8, 4) is 0 Å². The summed E-state index contributed by atoms with van der Waals surface area (Å²) in [5.74, 6) is 0.106. The molecule has 2 heteroatoms. The van der Waals surface area contributed by atoms with Gasteiger partial charge in [0, 0.05) is 5.92 Å². The van der Waals surface area contributed by atoms with Gasteiger partial charge in [0.25, 0.3) is 0 Å². The molecule has 0 saturated heterocycles. The molecular formula is C13H12O2. The van der Waals surface area contributed by atoms with Crippen LogP contribution in [0.15, 0.2) is 36.4 Å². The molecule has 0 spiro atoms.